The maximum absolute atomic E-state index is 13.6. The number of nitrogens with one attached hydrogen (secondary N) is 1. The fourth-order valence-corrected chi connectivity index (χ4v) is 2.78. The summed E-state index contributed by atoms with van der Waals surface area (Å²) in [5.74, 6) is 0.186. The van der Waals surface area contributed by atoms with E-state index in [1.807, 2.05) is 0 Å². The SMILES string of the molecule is CN1CCC(CNC(=O)c2nn(F)c3ccccc23)CC1. The van der Waals surface area contributed by atoms with Gasteiger partial charge in [-0.2, -0.15) is 0 Å². The molecule has 2 aromatic rings. The van der Waals surface area contributed by atoms with Gasteiger partial charge in [-0.1, -0.05) is 27.6 Å². The summed E-state index contributed by atoms with van der Waals surface area (Å²) < 4.78 is 13.6. The molecule has 1 fully saturated rings. The van der Waals surface area contributed by atoms with Crippen LogP contribution in [0.3, 0.4) is 0 Å². The van der Waals surface area contributed by atoms with E-state index in [1.165, 1.54) is 0 Å². The Morgan fingerprint density at radius 1 is 1.38 bits per heavy atom. The third-order valence-electron chi connectivity index (χ3n) is 4.15. The van der Waals surface area contributed by atoms with Crippen molar-refractivity contribution in [3.8, 4) is 0 Å². The van der Waals surface area contributed by atoms with E-state index in [0.29, 0.717) is 23.4 Å². The predicted molar refractivity (Wildman–Crippen MR) is 78.8 cm³/mol. The summed E-state index contributed by atoms with van der Waals surface area (Å²) in [4.78, 5) is 14.8. The van der Waals surface area contributed by atoms with Crippen molar-refractivity contribution in [2.45, 2.75) is 12.8 Å². The number of piperidine rings is 1. The molecule has 6 heteroatoms. The average molecular weight is 290 g/mol. The zero-order valence-electron chi connectivity index (χ0n) is 12.1. The van der Waals surface area contributed by atoms with Crippen LogP contribution < -0.4 is 5.32 Å². The van der Waals surface area contributed by atoms with E-state index in [9.17, 15) is 9.28 Å². The smallest absolute Gasteiger partial charge is 0.272 e. The van der Waals surface area contributed by atoms with Crippen LogP contribution in [0, 0.1) is 5.92 Å². The van der Waals surface area contributed by atoms with Crippen molar-refractivity contribution in [2.75, 3.05) is 26.7 Å². The van der Waals surface area contributed by atoms with Gasteiger partial charge in [0.15, 0.2) is 5.69 Å². The minimum atomic E-state index is -0.304. The van der Waals surface area contributed by atoms with E-state index in [4.69, 9.17) is 0 Å². The summed E-state index contributed by atoms with van der Waals surface area (Å²) >= 11 is 0. The van der Waals surface area contributed by atoms with Crippen molar-refractivity contribution in [2.24, 2.45) is 5.92 Å². The van der Waals surface area contributed by atoms with Crippen molar-refractivity contribution in [1.29, 1.82) is 0 Å². The van der Waals surface area contributed by atoms with Crippen LogP contribution >= 0.6 is 0 Å². The van der Waals surface area contributed by atoms with Crippen LogP contribution in [-0.2, 0) is 0 Å². The Bertz CT molecular complexity index is 646. The minimum absolute atomic E-state index is 0.154. The largest absolute Gasteiger partial charge is 0.350 e. The number of rotatable bonds is 3. The number of carbonyl (C=O) groups is 1. The van der Waals surface area contributed by atoms with E-state index in [0.717, 1.165) is 25.9 Å². The van der Waals surface area contributed by atoms with Crippen LogP contribution in [0.25, 0.3) is 10.9 Å². The Morgan fingerprint density at radius 3 is 2.86 bits per heavy atom. The lowest BCUT2D eigenvalue weighted by molar-refractivity contribution is 0.0932. The van der Waals surface area contributed by atoms with Crippen LogP contribution in [0.2, 0.25) is 0 Å². The highest BCUT2D eigenvalue weighted by Crippen LogP contribution is 2.19. The van der Waals surface area contributed by atoms with Gasteiger partial charge in [-0.25, -0.2) is 0 Å². The fourth-order valence-electron chi connectivity index (χ4n) is 2.78. The molecule has 1 amide bonds. The normalized spacial score (nSPS) is 17.2. The molecule has 0 unspecified atom stereocenters. The first-order chi connectivity index (χ1) is 10.1. The lowest BCUT2D eigenvalue weighted by Crippen LogP contribution is -2.37. The van der Waals surface area contributed by atoms with Crippen molar-refractivity contribution in [1.82, 2.24) is 20.2 Å². The molecule has 1 N–H and O–H groups in total. The summed E-state index contributed by atoms with van der Waals surface area (Å²) in [6.07, 6.45) is 2.16. The first kappa shape index (κ1) is 14.0. The number of hydrogen-bond acceptors (Lipinski definition) is 3. The van der Waals surface area contributed by atoms with Gasteiger partial charge in [-0.05, 0) is 45.0 Å². The number of carbonyl (C=O) groups excluding carboxylic acids is 1. The Labute approximate surface area is 122 Å². The standard InChI is InChI=1S/C15H19FN4O/c1-19-8-6-11(7-9-19)10-17-15(21)14-12-4-2-3-5-13(12)20(16)18-14/h2-5,11H,6-10H2,1H3,(H,17,21). The Kier molecular flexibility index (Phi) is 3.88. The second kappa shape index (κ2) is 5.81. The third-order valence-corrected chi connectivity index (χ3v) is 4.15. The van der Waals surface area contributed by atoms with Gasteiger partial charge in [0, 0.05) is 11.9 Å². The molecule has 1 saturated heterocycles. The summed E-state index contributed by atoms with van der Waals surface area (Å²) in [6, 6.07) is 6.82. The van der Waals surface area contributed by atoms with Gasteiger partial charge in [0.25, 0.3) is 5.91 Å². The van der Waals surface area contributed by atoms with E-state index in [-0.39, 0.29) is 16.5 Å². The molecule has 0 atom stereocenters. The molecule has 5 nitrogen and oxygen atoms in total. The predicted octanol–water partition coefficient (Wildman–Crippen LogP) is 1.84. The van der Waals surface area contributed by atoms with Crippen molar-refractivity contribution < 1.29 is 9.28 Å². The molecule has 1 aromatic carbocycles. The Balaban J connectivity index is 1.67. The molecule has 0 spiro atoms. The number of fused-ring (bicyclic) bond motifs is 1. The average Bonchev–Trinajstić information content (AvgIpc) is 2.84. The van der Waals surface area contributed by atoms with Gasteiger partial charge in [0.1, 0.15) is 5.52 Å². The molecule has 1 aliphatic heterocycles. The number of aromatic nitrogens is 2. The van der Waals surface area contributed by atoms with Crippen molar-refractivity contribution >= 4 is 16.8 Å². The lowest BCUT2D eigenvalue weighted by atomic mass is 9.97. The number of amides is 1. The van der Waals surface area contributed by atoms with Crippen LogP contribution in [0.1, 0.15) is 23.3 Å². The monoisotopic (exact) mass is 290 g/mol. The van der Waals surface area contributed by atoms with Crippen molar-refractivity contribution in [3.63, 3.8) is 0 Å². The van der Waals surface area contributed by atoms with E-state index in [2.05, 4.69) is 22.4 Å². The van der Waals surface area contributed by atoms with Gasteiger partial charge in [0.2, 0.25) is 0 Å². The quantitative estimate of drug-likeness (QED) is 0.938. The zero-order chi connectivity index (χ0) is 14.8. The topological polar surface area (TPSA) is 50.2 Å². The number of para-hydroxylation sites is 1. The highest BCUT2D eigenvalue weighted by molar-refractivity contribution is 6.04. The lowest BCUT2D eigenvalue weighted by Gasteiger charge is -2.28. The molecule has 0 aliphatic carbocycles. The molecule has 112 valence electrons. The van der Waals surface area contributed by atoms with Crippen LogP contribution in [0.15, 0.2) is 24.3 Å². The van der Waals surface area contributed by atoms with Crippen LogP contribution in [-0.4, -0.2) is 47.5 Å². The molecule has 0 radical (unpaired) electrons. The number of benzene rings is 1. The molecular formula is C15H19FN4O. The molecule has 21 heavy (non-hydrogen) atoms. The number of likely N-dealkylation sites (tertiary alicyclic amines) is 1. The van der Waals surface area contributed by atoms with Crippen LogP contribution in [0.4, 0.5) is 4.48 Å². The minimum Gasteiger partial charge on any atom is -0.350 e. The molecule has 3 rings (SSSR count). The van der Waals surface area contributed by atoms with Gasteiger partial charge >= 0.3 is 0 Å². The Morgan fingerprint density at radius 2 is 2.10 bits per heavy atom. The van der Waals surface area contributed by atoms with Gasteiger partial charge in [0.05, 0.1) is 0 Å². The van der Waals surface area contributed by atoms with E-state index in [1.54, 1.807) is 24.3 Å². The second-order valence-electron chi connectivity index (χ2n) is 5.68. The van der Waals surface area contributed by atoms with Gasteiger partial charge < -0.3 is 10.2 Å². The molecule has 0 saturated carbocycles. The molecular weight excluding hydrogens is 271 g/mol. The summed E-state index contributed by atoms with van der Waals surface area (Å²) in [5, 5.41) is 7.13. The first-order valence-corrected chi connectivity index (χ1v) is 7.26. The maximum atomic E-state index is 13.6. The highest BCUT2D eigenvalue weighted by Gasteiger charge is 2.20. The second-order valence-corrected chi connectivity index (χ2v) is 5.68. The van der Waals surface area contributed by atoms with Crippen molar-refractivity contribution in [3.05, 3.63) is 30.0 Å². The summed E-state index contributed by atoms with van der Waals surface area (Å²) in [5.41, 5.74) is 0.475. The van der Waals surface area contributed by atoms with E-state index < -0.39 is 0 Å². The maximum Gasteiger partial charge on any atom is 0.272 e. The highest BCUT2D eigenvalue weighted by atomic mass is 19.2. The molecule has 2 heterocycles. The number of halogens is 1. The van der Waals surface area contributed by atoms with Gasteiger partial charge in [-0.15, -0.1) is 5.10 Å². The number of hydrogen-bond donors (Lipinski definition) is 1. The fraction of sp³-hybridized carbons (Fsp3) is 0.467. The third kappa shape index (κ3) is 2.90. The van der Waals surface area contributed by atoms with Crippen LogP contribution in [0.5, 0.6) is 0 Å². The summed E-state index contributed by atoms with van der Waals surface area (Å²) in [7, 11) is 2.11. The Hall–Kier alpha value is -1.95. The summed E-state index contributed by atoms with van der Waals surface area (Å²) in [6.45, 7) is 2.74. The van der Waals surface area contributed by atoms with Gasteiger partial charge in [-0.3, -0.25) is 4.79 Å². The zero-order valence-corrected chi connectivity index (χ0v) is 12.1. The first-order valence-electron chi connectivity index (χ1n) is 7.26. The molecule has 1 aromatic heterocycles. The van der Waals surface area contributed by atoms with E-state index >= 15 is 0 Å². The number of nitrogens with zero attached hydrogens (tertiary/aromatic N) is 3. The molecule has 0 bridgehead atoms. The molecule has 1 aliphatic rings.